The summed E-state index contributed by atoms with van der Waals surface area (Å²) < 4.78 is 13.2. The van der Waals surface area contributed by atoms with Crippen molar-refractivity contribution in [3.63, 3.8) is 0 Å². The van der Waals surface area contributed by atoms with Crippen molar-refractivity contribution in [3.05, 3.63) is 182 Å². The number of nitrogens with zero attached hydrogens (tertiary/aromatic N) is 4. The number of oxazole rings is 1. The third-order valence-electron chi connectivity index (χ3n) is 10.4. The smallest absolute Gasteiger partial charge is 0.227 e. The molecule has 0 radical (unpaired) electrons. The van der Waals surface area contributed by atoms with Gasteiger partial charge in [0.2, 0.25) is 5.89 Å². The summed E-state index contributed by atoms with van der Waals surface area (Å²) in [5.74, 6) is 2.48. The molecule has 0 amide bonds. The highest BCUT2D eigenvalue weighted by Crippen LogP contribution is 2.45. The van der Waals surface area contributed by atoms with Gasteiger partial charge in [-0.2, -0.15) is 0 Å². The van der Waals surface area contributed by atoms with E-state index in [9.17, 15) is 0 Å². The van der Waals surface area contributed by atoms with Gasteiger partial charge >= 0.3 is 0 Å². The second-order valence-electron chi connectivity index (χ2n) is 13.8. The van der Waals surface area contributed by atoms with Crippen molar-refractivity contribution in [2.45, 2.75) is 0 Å². The minimum Gasteiger partial charge on any atom is -0.455 e. The molecule has 0 saturated heterocycles. The van der Waals surface area contributed by atoms with Gasteiger partial charge in [-0.05, 0) is 51.7 Å². The quantitative estimate of drug-likeness (QED) is 0.170. The Labute approximate surface area is 321 Å². The first-order valence-electron chi connectivity index (χ1n) is 18.6. The first kappa shape index (κ1) is 31.8. The summed E-state index contributed by atoms with van der Waals surface area (Å²) in [6.45, 7) is 0. The van der Waals surface area contributed by atoms with Crippen LogP contribution in [0, 0.1) is 0 Å². The van der Waals surface area contributed by atoms with E-state index in [-0.39, 0.29) is 0 Å². The molecule has 6 nitrogen and oxygen atoms in total. The van der Waals surface area contributed by atoms with Crippen molar-refractivity contribution in [1.82, 2.24) is 19.9 Å². The Bertz CT molecular complexity index is 3170. The second kappa shape index (κ2) is 13.0. The van der Waals surface area contributed by atoms with Gasteiger partial charge in [0.1, 0.15) is 16.7 Å². The van der Waals surface area contributed by atoms with Gasteiger partial charge in [-0.3, -0.25) is 0 Å². The highest BCUT2D eigenvalue weighted by Gasteiger charge is 2.22. The topological polar surface area (TPSA) is 77.8 Å². The molecule has 11 rings (SSSR count). The highest BCUT2D eigenvalue weighted by molar-refractivity contribution is 6.22. The summed E-state index contributed by atoms with van der Waals surface area (Å²) in [7, 11) is 0. The largest absolute Gasteiger partial charge is 0.455 e. The predicted octanol–water partition coefficient (Wildman–Crippen LogP) is 13.1. The molecule has 0 unspecified atom stereocenters. The molecular weight excluding hydrogens is 689 g/mol. The van der Waals surface area contributed by atoms with E-state index in [0.717, 1.165) is 88.3 Å². The number of para-hydroxylation sites is 1. The standard InChI is InChI=1S/C50H30N4O2/c1-4-14-32(15-5-1)47-52-48(33-16-6-2-7-17-33)54-49(53-47)34-26-24-31(25-27-34)36-28-29-39(38-21-11-10-20-37(36)38)41-30-42-46(56-50(51-42)35-18-8-3-9-19-35)44-40-22-12-13-23-43(40)55-45(41)44/h1-30H. The lowest BCUT2D eigenvalue weighted by Gasteiger charge is -2.13. The van der Waals surface area contributed by atoms with E-state index in [1.807, 2.05) is 109 Å². The molecule has 0 aliphatic carbocycles. The summed E-state index contributed by atoms with van der Waals surface area (Å²) in [6.07, 6.45) is 0. The monoisotopic (exact) mass is 718 g/mol. The van der Waals surface area contributed by atoms with E-state index in [4.69, 9.17) is 28.8 Å². The Morgan fingerprint density at radius 2 is 0.804 bits per heavy atom. The maximum Gasteiger partial charge on any atom is 0.227 e. The maximum atomic E-state index is 6.65. The summed E-state index contributed by atoms with van der Waals surface area (Å²) in [4.78, 5) is 19.7. The van der Waals surface area contributed by atoms with Crippen molar-refractivity contribution in [1.29, 1.82) is 0 Å². The Morgan fingerprint density at radius 3 is 1.43 bits per heavy atom. The minimum absolute atomic E-state index is 0.581. The van der Waals surface area contributed by atoms with Crippen molar-refractivity contribution < 1.29 is 8.83 Å². The number of aromatic nitrogens is 4. The molecular formula is C50H30N4O2. The molecule has 56 heavy (non-hydrogen) atoms. The van der Waals surface area contributed by atoms with Crippen molar-refractivity contribution in [2.24, 2.45) is 0 Å². The van der Waals surface area contributed by atoms with E-state index in [0.29, 0.717) is 23.4 Å². The van der Waals surface area contributed by atoms with Crippen molar-refractivity contribution in [2.75, 3.05) is 0 Å². The molecule has 3 aromatic heterocycles. The van der Waals surface area contributed by atoms with E-state index in [1.165, 1.54) is 0 Å². The zero-order chi connectivity index (χ0) is 37.0. The SMILES string of the molecule is c1ccc(-c2nc(-c3ccccc3)nc(-c3ccc(-c4ccc(-c5cc6nc(-c7ccccc7)oc6c6c5oc5ccccc56)c5ccccc45)cc3)n2)cc1. The van der Waals surface area contributed by atoms with Crippen LogP contribution in [0.1, 0.15) is 0 Å². The Morgan fingerprint density at radius 1 is 0.321 bits per heavy atom. The van der Waals surface area contributed by atoms with Crippen LogP contribution in [0.4, 0.5) is 0 Å². The van der Waals surface area contributed by atoms with Gasteiger partial charge in [-0.15, -0.1) is 0 Å². The number of rotatable bonds is 6. The zero-order valence-electron chi connectivity index (χ0n) is 29.9. The number of hydrogen-bond acceptors (Lipinski definition) is 6. The Balaban J connectivity index is 1.04. The summed E-state index contributed by atoms with van der Waals surface area (Å²) in [5, 5.41) is 4.16. The molecule has 11 aromatic rings. The predicted molar refractivity (Wildman–Crippen MR) is 225 cm³/mol. The molecule has 3 heterocycles. The fourth-order valence-corrected chi connectivity index (χ4v) is 7.70. The van der Waals surface area contributed by atoms with Crippen molar-refractivity contribution in [3.8, 4) is 67.9 Å². The number of benzene rings is 8. The van der Waals surface area contributed by atoms with Crippen LogP contribution in [0.2, 0.25) is 0 Å². The number of furan rings is 1. The summed E-state index contributed by atoms with van der Waals surface area (Å²) in [6, 6.07) is 61.8. The van der Waals surface area contributed by atoms with Gasteiger partial charge in [0, 0.05) is 33.2 Å². The van der Waals surface area contributed by atoms with Gasteiger partial charge in [0.15, 0.2) is 23.1 Å². The van der Waals surface area contributed by atoms with Crippen LogP contribution >= 0.6 is 0 Å². The van der Waals surface area contributed by atoms with Crippen LogP contribution < -0.4 is 0 Å². The van der Waals surface area contributed by atoms with Crippen LogP contribution in [-0.2, 0) is 0 Å². The maximum absolute atomic E-state index is 6.65. The van der Waals surface area contributed by atoms with Crippen LogP contribution in [0.3, 0.4) is 0 Å². The zero-order valence-corrected chi connectivity index (χ0v) is 29.9. The lowest BCUT2D eigenvalue weighted by Crippen LogP contribution is -2.00. The minimum atomic E-state index is 0.581. The summed E-state index contributed by atoms with van der Waals surface area (Å²) in [5.41, 5.74) is 11.0. The van der Waals surface area contributed by atoms with Crippen molar-refractivity contribution >= 4 is 43.8 Å². The lowest BCUT2D eigenvalue weighted by atomic mass is 9.91. The fraction of sp³-hybridized carbons (Fsp3) is 0. The first-order chi connectivity index (χ1) is 27.7. The van der Waals surface area contributed by atoms with Crippen LogP contribution in [-0.4, -0.2) is 19.9 Å². The fourth-order valence-electron chi connectivity index (χ4n) is 7.70. The number of fused-ring (bicyclic) bond motifs is 6. The summed E-state index contributed by atoms with van der Waals surface area (Å²) >= 11 is 0. The van der Waals surface area contributed by atoms with Gasteiger partial charge in [-0.25, -0.2) is 19.9 Å². The van der Waals surface area contributed by atoms with Gasteiger partial charge in [0.25, 0.3) is 0 Å². The van der Waals surface area contributed by atoms with Gasteiger partial charge < -0.3 is 8.83 Å². The molecule has 262 valence electrons. The van der Waals surface area contributed by atoms with E-state index in [1.54, 1.807) is 0 Å². The third kappa shape index (κ3) is 5.35. The van der Waals surface area contributed by atoms with Crippen LogP contribution in [0.25, 0.3) is 112 Å². The van der Waals surface area contributed by atoms with Gasteiger partial charge in [0.05, 0.1) is 5.39 Å². The molecule has 6 heteroatoms. The van der Waals surface area contributed by atoms with Gasteiger partial charge in [-0.1, -0.05) is 158 Å². The molecule has 8 aromatic carbocycles. The molecule has 0 fully saturated rings. The molecule has 0 bridgehead atoms. The van der Waals surface area contributed by atoms with E-state index in [2.05, 4.69) is 72.8 Å². The first-order valence-corrected chi connectivity index (χ1v) is 18.6. The Hall–Kier alpha value is -7.70. The molecule has 0 saturated carbocycles. The molecule has 0 N–H and O–H groups in total. The van der Waals surface area contributed by atoms with Crippen LogP contribution in [0.5, 0.6) is 0 Å². The number of hydrogen-bond donors (Lipinski definition) is 0. The van der Waals surface area contributed by atoms with Crippen LogP contribution in [0.15, 0.2) is 191 Å². The third-order valence-corrected chi connectivity index (χ3v) is 10.4. The molecule has 0 spiro atoms. The van der Waals surface area contributed by atoms with E-state index < -0.39 is 0 Å². The second-order valence-corrected chi connectivity index (χ2v) is 13.8. The molecule has 0 aliphatic rings. The average molecular weight is 719 g/mol. The Kier molecular flexibility index (Phi) is 7.38. The average Bonchev–Trinajstić information content (AvgIpc) is 3.89. The highest BCUT2D eigenvalue weighted by atomic mass is 16.4. The molecule has 0 atom stereocenters. The lowest BCUT2D eigenvalue weighted by molar-refractivity contribution is 0.622. The van der Waals surface area contributed by atoms with E-state index >= 15 is 0 Å². The normalized spacial score (nSPS) is 11.6. The molecule has 0 aliphatic heterocycles.